The molecule has 7 aromatic rings. The number of nitro groups is 1. The fourth-order valence-electron chi connectivity index (χ4n) is 5.92. The molecule has 1 aromatic heterocycles. The molecular weight excluding hydrogens is 516 g/mol. The minimum absolute atomic E-state index is 0.00696. The number of aromatic nitrogens is 1. The molecule has 7 rings (SSSR count). The summed E-state index contributed by atoms with van der Waals surface area (Å²) in [6.45, 7) is 0. The first kappa shape index (κ1) is 23.5. The molecular formula is C30H16N2O8. The van der Waals surface area contributed by atoms with Crippen molar-refractivity contribution in [3.05, 3.63) is 106 Å². The molecule has 0 aliphatic carbocycles. The third-order valence-electron chi connectivity index (χ3n) is 7.59. The Morgan fingerprint density at radius 2 is 1.15 bits per heavy atom. The highest BCUT2D eigenvalue weighted by atomic mass is 16.6. The first-order valence-corrected chi connectivity index (χ1v) is 12.1. The SMILES string of the molecule is COc1cccc2c(=O)c3c4[nH]c5ccc([N+](=O)[O-])cc5c4c4c(=O)c5c(OC)cccc5c(=O)c4c3c(=O)c12. The van der Waals surface area contributed by atoms with E-state index in [1.54, 1.807) is 18.2 Å². The summed E-state index contributed by atoms with van der Waals surface area (Å²) in [6.07, 6.45) is 0. The highest BCUT2D eigenvalue weighted by Gasteiger charge is 2.27. The third-order valence-corrected chi connectivity index (χ3v) is 7.59. The molecule has 0 bridgehead atoms. The summed E-state index contributed by atoms with van der Waals surface area (Å²) < 4.78 is 10.8. The first-order valence-electron chi connectivity index (χ1n) is 12.1. The maximum atomic E-state index is 14.2. The number of nitrogens with one attached hydrogen (secondary N) is 1. The lowest BCUT2D eigenvalue weighted by molar-refractivity contribution is -0.384. The minimum Gasteiger partial charge on any atom is -0.496 e. The summed E-state index contributed by atoms with van der Waals surface area (Å²) >= 11 is 0. The van der Waals surface area contributed by atoms with Crippen LogP contribution in [0.1, 0.15) is 0 Å². The molecule has 6 aromatic carbocycles. The van der Waals surface area contributed by atoms with E-state index in [0.717, 1.165) is 0 Å². The van der Waals surface area contributed by atoms with Crippen molar-refractivity contribution in [3.8, 4) is 11.5 Å². The second-order valence-corrected chi connectivity index (χ2v) is 9.44. The average Bonchev–Trinajstić information content (AvgIpc) is 3.35. The molecule has 10 nitrogen and oxygen atoms in total. The maximum absolute atomic E-state index is 14.2. The van der Waals surface area contributed by atoms with Crippen molar-refractivity contribution in [2.24, 2.45) is 0 Å². The van der Waals surface area contributed by atoms with Crippen molar-refractivity contribution >= 4 is 70.6 Å². The number of nitro benzene ring substituents is 1. The van der Waals surface area contributed by atoms with Crippen molar-refractivity contribution in [2.75, 3.05) is 14.2 Å². The van der Waals surface area contributed by atoms with E-state index in [2.05, 4.69) is 4.98 Å². The van der Waals surface area contributed by atoms with E-state index in [4.69, 9.17) is 9.47 Å². The van der Waals surface area contributed by atoms with Gasteiger partial charge in [-0.15, -0.1) is 0 Å². The first-order chi connectivity index (χ1) is 19.3. The van der Waals surface area contributed by atoms with Gasteiger partial charge in [0, 0.05) is 55.4 Å². The van der Waals surface area contributed by atoms with Gasteiger partial charge in [-0.25, -0.2) is 0 Å². The van der Waals surface area contributed by atoms with Gasteiger partial charge in [0.15, 0.2) is 21.7 Å². The minimum atomic E-state index is -0.641. The highest BCUT2D eigenvalue weighted by molar-refractivity contribution is 6.33. The van der Waals surface area contributed by atoms with Gasteiger partial charge in [-0.05, 0) is 18.2 Å². The van der Waals surface area contributed by atoms with Gasteiger partial charge < -0.3 is 14.5 Å². The monoisotopic (exact) mass is 532 g/mol. The van der Waals surface area contributed by atoms with Crippen LogP contribution >= 0.6 is 0 Å². The zero-order chi connectivity index (χ0) is 28.0. The van der Waals surface area contributed by atoms with Crippen LogP contribution in [0.5, 0.6) is 11.5 Å². The number of benzene rings is 6. The van der Waals surface area contributed by atoms with Gasteiger partial charge in [0.1, 0.15) is 11.5 Å². The predicted molar refractivity (Wildman–Crippen MR) is 153 cm³/mol. The van der Waals surface area contributed by atoms with Gasteiger partial charge >= 0.3 is 0 Å². The Morgan fingerprint density at radius 1 is 0.625 bits per heavy atom. The van der Waals surface area contributed by atoms with Gasteiger partial charge in [-0.3, -0.25) is 29.3 Å². The zero-order valence-electron chi connectivity index (χ0n) is 20.9. The second kappa shape index (κ2) is 7.93. The molecule has 0 unspecified atom stereocenters. The summed E-state index contributed by atoms with van der Waals surface area (Å²) in [6, 6.07) is 13.2. The second-order valence-electron chi connectivity index (χ2n) is 9.44. The molecule has 0 aliphatic heterocycles. The standard InChI is InChI=1S/C30H16N2O8/c1-39-17-7-3-5-13-19(17)29(35)22-21-15-11-12(32(37)38)9-10-16(15)31-26(21)25-24(23(22)27(13)33)30(36)20-14(28(25)34)6-4-8-18(20)40-2/h3-11,31H,1-2H3. The van der Waals surface area contributed by atoms with Crippen LogP contribution in [0.4, 0.5) is 5.69 Å². The number of H-pyrrole nitrogens is 1. The molecule has 1 heterocycles. The number of hydrogen-bond acceptors (Lipinski definition) is 8. The molecule has 0 saturated heterocycles. The molecule has 10 heteroatoms. The van der Waals surface area contributed by atoms with Crippen molar-refractivity contribution in [3.63, 3.8) is 0 Å². The third kappa shape index (κ3) is 2.76. The lowest BCUT2D eigenvalue weighted by Gasteiger charge is -2.11. The van der Waals surface area contributed by atoms with Crippen LogP contribution in [-0.2, 0) is 0 Å². The van der Waals surface area contributed by atoms with Crippen LogP contribution in [-0.4, -0.2) is 24.1 Å². The Labute approximate surface area is 221 Å². The van der Waals surface area contributed by atoms with Crippen LogP contribution in [0.25, 0.3) is 64.9 Å². The Balaban J connectivity index is 1.96. The molecule has 0 atom stereocenters. The Kier molecular flexibility index (Phi) is 4.66. The van der Waals surface area contributed by atoms with Crippen LogP contribution in [0, 0.1) is 10.1 Å². The molecule has 0 radical (unpaired) electrons. The smallest absolute Gasteiger partial charge is 0.270 e. The molecule has 0 saturated carbocycles. The van der Waals surface area contributed by atoms with E-state index in [9.17, 15) is 29.3 Å². The predicted octanol–water partition coefficient (Wildman–Crippen LogP) is 4.18. The van der Waals surface area contributed by atoms with Crippen LogP contribution in [0.2, 0.25) is 0 Å². The molecule has 1 N–H and O–H groups in total. The summed E-state index contributed by atoms with van der Waals surface area (Å²) in [7, 11) is 2.73. The van der Waals surface area contributed by atoms with E-state index in [-0.39, 0.29) is 76.6 Å². The number of fused-ring (bicyclic) bond motifs is 10. The molecule has 0 fully saturated rings. The van der Waals surface area contributed by atoms with Crippen molar-refractivity contribution in [1.29, 1.82) is 0 Å². The van der Waals surface area contributed by atoms with E-state index in [1.807, 2.05) is 0 Å². The normalized spacial score (nSPS) is 11.8. The topological polar surface area (TPSA) is 146 Å². The largest absolute Gasteiger partial charge is 0.496 e. The molecule has 40 heavy (non-hydrogen) atoms. The lowest BCUT2D eigenvalue weighted by atomic mass is 9.90. The number of nitrogens with zero attached hydrogens (tertiary/aromatic N) is 1. The van der Waals surface area contributed by atoms with E-state index < -0.39 is 26.6 Å². The van der Waals surface area contributed by atoms with Gasteiger partial charge in [-0.2, -0.15) is 0 Å². The van der Waals surface area contributed by atoms with E-state index in [0.29, 0.717) is 5.52 Å². The molecule has 0 spiro atoms. The maximum Gasteiger partial charge on any atom is 0.270 e. The molecule has 0 aliphatic rings. The number of hydrogen-bond donors (Lipinski definition) is 1. The van der Waals surface area contributed by atoms with Gasteiger partial charge in [0.2, 0.25) is 0 Å². The highest BCUT2D eigenvalue weighted by Crippen LogP contribution is 2.38. The summed E-state index contributed by atoms with van der Waals surface area (Å²) in [5.74, 6) is 0.312. The van der Waals surface area contributed by atoms with Crippen molar-refractivity contribution in [2.45, 2.75) is 0 Å². The summed E-state index contributed by atoms with van der Waals surface area (Å²) in [5, 5.41) is 11.5. The Morgan fingerprint density at radius 3 is 1.70 bits per heavy atom. The fourth-order valence-corrected chi connectivity index (χ4v) is 5.92. The fraction of sp³-hybridized carbons (Fsp3) is 0.0667. The van der Waals surface area contributed by atoms with Gasteiger partial charge in [-0.1, -0.05) is 24.3 Å². The molecule has 0 amide bonds. The Bertz CT molecular complexity index is 2520. The van der Waals surface area contributed by atoms with Gasteiger partial charge in [0.05, 0.1) is 40.8 Å². The van der Waals surface area contributed by atoms with Crippen molar-refractivity contribution in [1.82, 2.24) is 4.98 Å². The summed E-state index contributed by atoms with van der Waals surface area (Å²) in [4.78, 5) is 70.8. The number of non-ortho nitro benzene ring substituents is 1. The number of aromatic amines is 1. The van der Waals surface area contributed by atoms with Gasteiger partial charge in [0.25, 0.3) is 5.69 Å². The number of rotatable bonds is 3. The number of ether oxygens (including phenoxy) is 2. The van der Waals surface area contributed by atoms with Crippen LogP contribution < -0.4 is 31.2 Å². The molecule has 194 valence electrons. The lowest BCUT2D eigenvalue weighted by Crippen LogP contribution is -2.20. The average molecular weight is 532 g/mol. The van der Waals surface area contributed by atoms with Crippen LogP contribution in [0.3, 0.4) is 0 Å². The number of methoxy groups -OCH3 is 2. The summed E-state index contributed by atoms with van der Waals surface area (Å²) in [5.41, 5.74) is -2.15. The zero-order valence-corrected chi connectivity index (χ0v) is 20.9. The Hall–Kier alpha value is -5.64. The van der Waals surface area contributed by atoms with E-state index >= 15 is 0 Å². The van der Waals surface area contributed by atoms with Crippen molar-refractivity contribution < 1.29 is 14.4 Å². The van der Waals surface area contributed by atoms with Crippen LogP contribution in [0.15, 0.2) is 73.8 Å². The van der Waals surface area contributed by atoms with E-state index in [1.165, 1.54) is 50.6 Å². The quantitative estimate of drug-likeness (QED) is 0.154.